The second-order valence-corrected chi connectivity index (χ2v) is 4.60. The number of carbonyl (C=O) groups is 1. The van der Waals surface area contributed by atoms with Gasteiger partial charge in [0, 0.05) is 5.02 Å². The van der Waals surface area contributed by atoms with Crippen LogP contribution >= 0.6 is 11.6 Å². The molecule has 2 aromatic rings. The lowest BCUT2D eigenvalue weighted by molar-refractivity contribution is 0.0600. The Hall–Kier alpha value is -2.20. The monoisotopic (exact) mass is 306 g/mol. The second-order valence-electron chi connectivity index (χ2n) is 4.17. The predicted molar refractivity (Wildman–Crippen MR) is 80.2 cm³/mol. The van der Waals surface area contributed by atoms with E-state index in [9.17, 15) is 4.79 Å². The van der Waals surface area contributed by atoms with Crippen molar-refractivity contribution in [3.63, 3.8) is 0 Å². The van der Waals surface area contributed by atoms with E-state index in [2.05, 4.69) is 4.74 Å². The van der Waals surface area contributed by atoms with Gasteiger partial charge >= 0.3 is 5.97 Å². The van der Waals surface area contributed by atoms with Gasteiger partial charge in [-0.2, -0.15) is 0 Å². The normalized spacial score (nSPS) is 10.0. The van der Waals surface area contributed by atoms with E-state index in [1.165, 1.54) is 7.11 Å². The molecule has 0 atom stereocenters. The lowest BCUT2D eigenvalue weighted by Crippen LogP contribution is -2.09. The minimum absolute atomic E-state index is 0.368. The van der Waals surface area contributed by atoms with Crippen molar-refractivity contribution in [1.82, 2.24) is 0 Å². The molecule has 0 heterocycles. The molecule has 2 rings (SSSR count). The highest BCUT2D eigenvalue weighted by atomic mass is 35.5. The molecule has 0 amide bonds. The average molecular weight is 307 g/mol. The highest BCUT2D eigenvalue weighted by molar-refractivity contribution is 6.30. The van der Waals surface area contributed by atoms with E-state index < -0.39 is 0 Å². The Bertz CT molecular complexity index is 578. The standard InChI is InChI=1S/C16H15ClO4/c1-19-16(18)12-2-6-14(7-3-12)20-10-11-21-15-8-4-13(17)5-9-15/h2-9H,10-11H2,1H3. The van der Waals surface area contributed by atoms with Crippen LogP contribution in [0.1, 0.15) is 10.4 Å². The Kier molecular flexibility index (Phi) is 5.46. The van der Waals surface area contributed by atoms with Gasteiger partial charge in [-0.05, 0) is 48.5 Å². The van der Waals surface area contributed by atoms with Crippen molar-refractivity contribution in [3.05, 3.63) is 59.1 Å². The van der Waals surface area contributed by atoms with Gasteiger partial charge in [0.25, 0.3) is 0 Å². The number of methoxy groups -OCH3 is 1. The van der Waals surface area contributed by atoms with Gasteiger partial charge in [-0.3, -0.25) is 0 Å². The van der Waals surface area contributed by atoms with Gasteiger partial charge in [-0.25, -0.2) is 4.79 Å². The fraction of sp³-hybridized carbons (Fsp3) is 0.188. The third-order valence-corrected chi connectivity index (χ3v) is 2.96. The van der Waals surface area contributed by atoms with Crippen LogP contribution in [0.15, 0.2) is 48.5 Å². The van der Waals surface area contributed by atoms with Crippen LogP contribution < -0.4 is 9.47 Å². The molecule has 0 saturated heterocycles. The summed E-state index contributed by atoms with van der Waals surface area (Å²) >= 11 is 5.79. The van der Waals surface area contributed by atoms with Crippen molar-refractivity contribution in [1.29, 1.82) is 0 Å². The van der Waals surface area contributed by atoms with Crippen molar-refractivity contribution in [2.75, 3.05) is 20.3 Å². The average Bonchev–Trinajstić information content (AvgIpc) is 2.53. The largest absolute Gasteiger partial charge is 0.490 e. The van der Waals surface area contributed by atoms with E-state index in [0.717, 1.165) is 5.75 Å². The molecule has 0 aliphatic heterocycles. The van der Waals surface area contributed by atoms with Gasteiger partial charge in [0.2, 0.25) is 0 Å². The quantitative estimate of drug-likeness (QED) is 0.604. The molecular formula is C16H15ClO4. The summed E-state index contributed by atoms with van der Waals surface area (Å²) < 4.78 is 15.6. The summed E-state index contributed by atoms with van der Waals surface area (Å²) in [5, 5.41) is 0.671. The Morgan fingerprint density at radius 2 is 1.38 bits per heavy atom. The van der Waals surface area contributed by atoms with E-state index in [-0.39, 0.29) is 5.97 Å². The van der Waals surface area contributed by atoms with Crippen LogP contribution in [-0.4, -0.2) is 26.3 Å². The number of benzene rings is 2. The summed E-state index contributed by atoms with van der Waals surface area (Å²) in [5.74, 6) is 1.04. The van der Waals surface area contributed by atoms with Gasteiger partial charge < -0.3 is 14.2 Å². The molecule has 0 aromatic heterocycles. The summed E-state index contributed by atoms with van der Waals surface area (Å²) in [7, 11) is 1.35. The molecule has 0 fully saturated rings. The SMILES string of the molecule is COC(=O)c1ccc(OCCOc2ccc(Cl)cc2)cc1. The van der Waals surface area contributed by atoms with Crippen LogP contribution in [-0.2, 0) is 4.74 Å². The molecule has 110 valence electrons. The molecule has 5 heteroatoms. The number of carbonyl (C=O) groups excluding carboxylic acids is 1. The Labute approximate surface area is 128 Å². The third kappa shape index (κ3) is 4.68. The molecule has 21 heavy (non-hydrogen) atoms. The number of hydrogen-bond donors (Lipinski definition) is 0. The van der Waals surface area contributed by atoms with Crippen LogP contribution in [0, 0.1) is 0 Å². The number of halogens is 1. The first-order chi connectivity index (χ1) is 10.2. The maximum absolute atomic E-state index is 11.3. The molecule has 0 bridgehead atoms. The van der Waals surface area contributed by atoms with Crippen LogP contribution in [0.5, 0.6) is 11.5 Å². The minimum Gasteiger partial charge on any atom is -0.490 e. The first-order valence-corrected chi connectivity index (χ1v) is 6.76. The van der Waals surface area contributed by atoms with E-state index in [1.807, 2.05) is 0 Å². The third-order valence-electron chi connectivity index (χ3n) is 2.71. The molecule has 0 radical (unpaired) electrons. The minimum atomic E-state index is -0.368. The zero-order valence-electron chi connectivity index (χ0n) is 11.5. The number of ether oxygens (including phenoxy) is 3. The molecule has 0 aliphatic carbocycles. The maximum Gasteiger partial charge on any atom is 0.337 e. The molecule has 0 aliphatic rings. The summed E-state index contributed by atoms with van der Waals surface area (Å²) in [4.78, 5) is 11.3. The van der Waals surface area contributed by atoms with E-state index in [4.69, 9.17) is 21.1 Å². The van der Waals surface area contributed by atoms with Crippen LogP contribution in [0.3, 0.4) is 0 Å². The van der Waals surface area contributed by atoms with Crippen molar-refractivity contribution in [2.24, 2.45) is 0 Å². The van der Waals surface area contributed by atoms with E-state index >= 15 is 0 Å². The Morgan fingerprint density at radius 3 is 1.86 bits per heavy atom. The first kappa shape index (κ1) is 15.2. The van der Waals surface area contributed by atoms with Gasteiger partial charge in [0.15, 0.2) is 0 Å². The number of rotatable bonds is 6. The molecular weight excluding hydrogens is 292 g/mol. The fourth-order valence-electron chi connectivity index (χ4n) is 1.65. The number of esters is 1. The fourth-order valence-corrected chi connectivity index (χ4v) is 1.78. The number of hydrogen-bond acceptors (Lipinski definition) is 4. The summed E-state index contributed by atoms with van der Waals surface area (Å²) in [6.07, 6.45) is 0. The van der Waals surface area contributed by atoms with Crippen molar-refractivity contribution in [3.8, 4) is 11.5 Å². The summed E-state index contributed by atoms with van der Waals surface area (Å²) in [5.41, 5.74) is 0.488. The van der Waals surface area contributed by atoms with Crippen molar-refractivity contribution >= 4 is 17.6 Å². The zero-order chi connectivity index (χ0) is 15.1. The zero-order valence-corrected chi connectivity index (χ0v) is 12.3. The molecule has 2 aromatic carbocycles. The summed E-state index contributed by atoms with van der Waals surface area (Å²) in [6, 6.07) is 13.9. The highest BCUT2D eigenvalue weighted by Gasteiger charge is 2.04. The Morgan fingerprint density at radius 1 is 0.905 bits per heavy atom. The Balaban J connectivity index is 1.75. The van der Waals surface area contributed by atoms with Crippen molar-refractivity contribution < 1.29 is 19.0 Å². The van der Waals surface area contributed by atoms with Crippen LogP contribution in [0.25, 0.3) is 0 Å². The molecule has 0 spiro atoms. The van der Waals surface area contributed by atoms with Crippen molar-refractivity contribution in [2.45, 2.75) is 0 Å². The smallest absolute Gasteiger partial charge is 0.337 e. The van der Waals surface area contributed by atoms with Crippen LogP contribution in [0.2, 0.25) is 5.02 Å². The lowest BCUT2D eigenvalue weighted by Gasteiger charge is -2.08. The van der Waals surface area contributed by atoms with Gasteiger partial charge in [0.05, 0.1) is 12.7 Å². The summed E-state index contributed by atoms with van der Waals surface area (Å²) in [6.45, 7) is 0.820. The van der Waals surface area contributed by atoms with Crippen LogP contribution in [0.4, 0.5) is 0 Å². The highest BCUT2D eigenvalue weighted by Crippen LogP contribution is 2.16. The second kappa shape index (κ2) is 7.55. The molecule has 0 saturated carbocycles. The van der Waals surface area contributed by atoms with E-state index in [1.54, 1.807) is 48.5 Å². The van der Waals surface area contributed by atoms with Gasteiger partial charge in [-0.1, -0.05) is 11.6 Å². The van der Waals surface area contributed by atoms with E-state index in [0.29, 0.717) is 29.5 Å². The maximum atomic E-state index is 11.3. The van der Waals surface area contributed by atoms with Gasteiger partial charge in [-0.15, -0.1) is 0 Å². The molecule has 0 unspecified atom stereocenters. The molecule has 0 N–H and O–H groups in total. The predicted octanol–water partition coefficient (Wildman–Crippen LogP) is 3.58. The van der Waals surface area contributed by atoms with Gasteiger partial charge in [0.1, 0.15) is 24.7 Å². The lowest BCUT2D eigenvalue weighted by atomic mass is 10.2. The topological polar surface area (TPSA) is 44.8 Å². The first-order valence-electron chi connectivity index (χ1n) is 6.38. The molecule has 4 nitrogen and oxygen atoms in total.